The van der Waals surface area contributed by atoms with E-state index in [0.29, 0.717) is 11.3 Å². The number of aromatic nitrogens is 3. The van der Waals surface area contributed by atoms with Crippen molar-refractivity contribution < 1.29 is 8.78 Å². The fourth-order valence-electron chi connectivity index (χ4n) is 3.73. The third-order valence-electron chi connectivity index (χ3n) is 4.84. The summed E-state index contributed by atoms with van der Waals surface area (Å²) in [6, 6.07) is 13.5. The Hall–Kier alpha value is -3.08. The van der Waals surface area contributed by atoms with E-state index in [9.17, 15) is 8.78 Å². The molecule has 0 bridgehead atoms. The number of rotatable bonds is 2. The number of hydrogen-bond acceptors (Lipinski definition) is 2. The Balaban J connectivity index is 1.77. The molecule has 1 aliphatic heterocycles. The van der Waals surface area contributed by atoms with Crippen molar-refractivity contribution in [1.82, 2.24) is 14.5 Å². The van der Waals surface area contributed by atoms with Crippen LogP contribution in [0.2, 0.25) is 0 Å². The number of halogens is 2. The number of aryl methyl sites for hydroxylation is 1. The highest BCUT2D eigenvalue weighted by molar-refractivity contribution is 5.87. The maximum absolute atomic E-state index is 13.8. The Kier molecular flexibility index (Phi) is 3.35. The normalized spacial score (nSPS) is 13.3. The van der Waals surface area contributed by atoms with Gasteiger partial charge in [-0.3, -0.25) is 4.98 Å². The second-order valence-electron chi connectivity index (χ2n) is 6.55. The summed E-state index contributed by atoms with van der Waals surface area (Å²) in [5.41, 5.74) is 3.89. The van der Waals surface area contributed by atoms with Crippen molar-refractivity contribution in [2.24, 2.45) is 0 Å². The van der Waals surface area contributed by atoms with Gasteiger partial charge in [0, 0.05) is 41.7 Å². The van der Waals surface area contributed by atoms with Crippen molar-refractivity contribution in [2.45, 2.75) is 19.4 Å². The van der Waals surface area contributed by atoms with Gasteiger partial charge in [0.2, 0.25) is 0 Å². The Morgan fingerprint density at radius 2 is 1.77 bits per heavy atom. The summed E-state index contributed by atoms with van der Waals surface area (Å²) in [5, 5.41) is 1.02. The minimum absolute atomic E-state index is 0.464. The average Bonchev–Trinajstić information content (AvgIpc) is 3.21. The first-order valence-electron chi connectivity index (χ1n) is 8.60. The highest BCUT2D eigenvalue weighted by atomic mass is 19.1. The Morgan fingerprint density at radius 1 is 0.923 bits per heavy atom. The summed E-state index contributed by atoms with van der Waals surface area (Å²) < 4.78 is 29.7. The number of benzene rings is 2. The number of hydrogen-bond donors (Lipinski definition) is 0. The van der Waals surface area contributed by atoms with Crippen LogP contribution in [0.25, 0.3) is 33.4 Å². The number of imidazole rings is 1. The van der Waals surface area contributed by atoms with Crippen LogP contribution >= 0.6 is 0 Å². The molecule has 0 fully saturated rings. The lowest BCUT2D eigenvalue weighted by Gasteiger charge is -2.10. The van der Waals surface area contributed by atoms with Gasteiger partial charge in [-0.25, -0.2) is 13.8 Å². The monoisotopic (exact) mass is 347 g/mol. The summed E-state index contributed by atoms with van der Waals surface area (Å²) in [5.74, 6) is -0.227. The zero-order chi connectivity index (χ0) is 17.7. The van der Waals surface area contributed by atoms with E-state index in [4.69, 9.17) is 4.98 Å². The van der Waals surface area contributed by atoms with E-state index in [2.05, 4.69) is 15.6 Å². The van der Waals surface area contributed by atoms with Crippen LogP contribution in [0.1, 0.15) is 12.2 Å². The van der Waals surface area contributed by atoms with Gasteiger partial charge in [0.05, 0.1) is 16.9 Å². The van der Waals surface area contributed by atoms with E-state index >= 15 is 0 Å². The first kappa shape index (κ1) is 15.2. The zero-order valence-corrected chi connectivity index (χ0v) is 13.9. The molecule has 128 valence electrons. The largest absolute Gasteiger partial charge is 0.327 e. The molecule has 3 nitrogen and oxygen atoms in total. The molecular weight excluding hydrogens is 332 g/mol. The molecule has 2 aromatic carbocycles. The summed E-state index contributed by atoms with van der Waals surface area (Å²) in [6.07, 6.45) is 3.67. The Labute approximate surface area is 149 Å². The van der Waals surface area contributed by atoms with Crippen LogP contribution in [-0.2, 0) is 13.0 Å². The van der Waals surface area contributed by atoms with Gasteiger partial charge in [-0.2, -0.15) is 0 Å². The lowest BCUT2D eigenvalue weighted by molar-refractivity contribution is 0.584. The van der Waals surface area contributed by atoms with Gasteiger partial charge >= 0.3 is 0 Å². The van der Waals surface area contributed by atoms with Crippen molar-refractivity contribution >= 4 is 10.9 Å². The standard InChI is InChI=1S/C21H15F2N3/c22-16-10-15(11-17(23)12-16)20-21(26-8-2-4-19(26)25-20)14-5-6-18-13(9-14)3-1-7-24-18/h1,3,5-7,9-12H,2,4,8H2. The summed E-state index contributed by atoms with van der Waals surface area (Å²) in [7, 11) is 0. The highest BCUT2D eigenvalue weighted by Crippen LogP contribution is 2.37. The molecule has 0 atom stereocenters. The molecule has 5 rings (SSSR count). The van der Waals surface area contributed by atoms with Crippen LogP contribution < -0.4 is 0 Å². The molecule has 0 N–H and O–H groups in total. The molecule has 3 heterocycles. The molecule has 0 saturated heterocycles. The molecule has 0 radical (unpaired) electrons. The van der Waals surface area contributed by atoms with E-state index in [1.54, 1.807) is 6.20 Å². The molecular formula is C21H15F2N3. The number of pyridine rings is 1. The fraction of sp³-hybridized carbons (Fsp3) is 0.143. The minimum Gasteiger partial charge on any atom is -0.327 e. The lowest BCUT2D eigenvalue weighted by atomic mass is 10.0. The molecule has 5 heteroatoms. The molecule has 0 amide bonds. The molecule has 1 aliphatic rings. The van der Waals surface area contributed by atoms with Gasteiger partial charge in [-0.15, -0.1) is 0 Å². The van der Waals surface area contributed by atoms with E-state index in [0.717, 1.165) is 53.4 Å². The van der Waals surface area contributed by atoms with Crippen molar-refractivity contribution in [3.05, 3.63) is 72.2 Å². The van der Waals surface area contributed by atoms with Crippen molar-refractivity contribution in [2.75, 3.05) is 0 Å². The number of fused-ring (bicyclic) bond motifs is 2. The van der Waals surface area contributed by atoms with Gasteiger partial charge in [0.15, 0.2) is 0 Å². The third-order valence-corrected chi connectivity index (χ3v) is 4.84. The smallest absolute Gasteiger partial charge is 0.126 e. The van der Waals surface area contributed by atoms with Gasteiger partial charge < -0.3 is 4.57 Å². The molecule has 4 aromatic rings. The summed E-state index contributed by atoms with van der Waals surface area (Å²) in [6.45, 7) is 0.862. The average molecular weight is 347 g/mol. The first-order chi connectivity index (χ1) is 12.7. The van der Waals surface area contributed by atoms with Crippen LogP contribution in [-0.4, -0.2) is 14.5 Å². The third kappa shape index (κ3) is 2.39. The SMILES string of the molecule is Fc1cc(F)cc(-c2nc3n(c2-c2ccc4ncccc4c2)CCC3)c1. The Morgan fingerprint density at radius 3 is 2.62 bits per heavy atom. The van der Waals surface area contributed by atoms with Crippen LogP contribution in [0.4, 0.5) is 8.78 Å². The first-order valence-corrected chi connectivity index (χ1v) is 8.60. The topological polar surface area (TPSA) is 30.7 Å². The molecule has 26 heavy (non-hydrogen) atoms. The van der Waals surface area contributed by atoms with E-state index < -0.39 is 11.6 Å². The maximum Gasteiger partial charge on any atom is 0.126 e. The van der Waals surface area contributed by atoms with E-state index in [1.165, 1.54) is 12.1 Å². The highest BCUT2D eigenvalue weighted by Gasteiger charge is 2.24. The van der Waals surface area contributed by atoms with Gasteiger partial charge in [0.25, 0.3) is 0 Å². The zero-order valence-electron chi connectivity index (χ0n) is 13.9. The van der Waals surface area contributed by atoms with Crippen LogP contribution in [0.5, 0.6) is 0 Å². The van der Waals surface area contributed by atoms with Crippen molar-refractivity contribution in [1.29, 1.82) is 0 Å². The molecule has 2 aromatic heterocycles. The van der Waals surface area contributed by atoms with Crippen LogP contribution in [0, 0.1) is 11.6 Å². The second-order valence-corrected chi connectivity index (χ2v) is 6.55. The second kappa shape index (κ2) is 5.73. The lowest BCUT2D eigenvalue weighted by Crippen LogP contribution is -1.97. The van der Waals surface area contributed by atoms with Gasteiger partial charge in [0.1, 0.15) is 17.5 Å². The number of nitrogens with zero attached hydrogens (tertiary/aromatic N) is 3. The van der Waals surface area contributed by atoms with Gasteiger partial charge in [-0.05, 0) is 36.8 Å². The van der Waals surface area contributed by atoms with Crippen LogP contribution in [0.3, 0.4) is 0 Å². The molecule has 0 aliphatic carbocycles. The Bertz CT molecular complexity index is 1130. The predicted octanol–water partition coefficient (Wildman–Crippen LogP) is 4.99. The summed E-state index contributed by atoms with van der Waals surface area (Å²) in [4.78, 5) is 9.07. The molecule has 0 unspecified atom stereocenters. The molecule has 0 saturated carbocycles. The van der Waals surface area contributed by atoms with Crippen molar-refractivity contribution in [3.63, 3.8) is 0 Å². The van der Waals surface area contributed by atoms with Gasteiger partial charge in [-0.1, -0.05) is 12.1 Å². The van der Waals surface area contributed by atoms with E-state index in [1.807, 2.05) is 24.3 Å². The van der Waals surface area contributed by atoms with E-state index in [-0.39, 0.29) is 0 Å². The predicted molar refractivity (Wildman–Crippen MR) is 96.6 cm³/mol. The maximum atomic E-state index is 13.8. The van der Waals surface area contributed by atoms with Crippen LogP contribution in [0.15, 0.2) is 54.7 Å². The summed E-state index contributed by atoms with van der Waals surface area (Å²) >= 11 is 0. The molecule has 0 spiro atoms. The quantitative estimate of drug-likeness (QED) is 0.511. The van der Waals surface area contributed by atoms with Crippen molar-refractivity contribution in [3.8, 4) is 22.5 Å². The fourth-order valence-corrected chi connectivity index (χ4v) is 3.73. The minimum atomic E-state index is -0.596.